The number of alkyl halides is 1. The summed E-state index contributed by atoms with van der Waals surface area (Å²) < 4.78 is 25.6. The summed E-state index contributed by atoms with van der Waals surface area (Å²) in [5.74, 6) is 0.127. The Morgan fingerprint density at radius 3 is 2.64 bits per heavy atom. The van der Waals surface area contributed by atoms with Crippen molar-refractivity contribution in [2.45, 2.75) is 19.0 Å². The number of halogens is 2. The highest BCUT2D eigenvalue weighted by molar-refractivity contribution is 5.38. The van der Waals surface area contributed by atoms with Crippen LogP contribution in [0.15, 0.2) is 18.2 Å². The minimum Gasteiger partial charge on any atom is -0.356 e. The number of hydrogen-bond donors (Lipinski definition) is 0. The fourth-order valence-corrected chi connectivity index (χ4v) is 1.65. The Labute approximate surface area is 81.6 Å². The quantitative estimate of drug-likeness (QED) is 0.643. The molecule has 1 aliphatic rings. The molecule has 1 aromatic heterocycles. The van der Waals surface area contributed by atoms with Gasteiger partial charge in [-0.1, -0.05) is 6.07 Å². The Morgan fingerprint density at radius 1 is 1.29 bits per heavy atom. The van der Waals surface area contributed by atoms with Crippen molar-refractivity contribution in [3.63, 3.8) is 0 Å². The maximum Gasteiger partial charge on any atom is 0.214 e. The summed E-state index contributed by atoms with van der Waals surface area (Å²) in [6.45, 7) is 1.25. The third-order valence-electron chi connectivity index (χ3n) is 2.45. The van der Waals surface area contributed by atoms with Gasteiger partial charge in [0.1, 0.15) is 12.0 Å². The van der Waals surface area contributed by atoms with E-state index in [1.807, 2.05) is 4.90 Å². The maximum atomic E-state index is 12.8. The van der Waals surface area contributed by atoms with E-state index in [1.165, 1.54) is 6.07 Å². The number of nitrogens with zero attached hydrogens (tertiary/aromatic N) is 2. The number of rotatable bonds is 1. The van der Waals surface area contributed by atoms with E-state index in [1.54, 1.807) is 12.1 Å². The summed E-state index contributed by atoms with van der Waals surface area (Å²) in [7, 11) is 0. The Morgan fingerprint density at radius 2 is 2.00 bits per heavy atom. The number of piperidine rings is 1. The first-order valence-electron chi connectivity index (χ1n) is 4.77. The highest BCUT2D eigenvalue weighted by atomic mass is 19.1. The van der Waals surface area contributed by atoms with Gasteiger partial charge >= 0.3 is 0 Å². The maximum absolute atomic E-state index is 12.8. The second-order valence-electron chi connectivity index (χ2n) is 3.48. The van der Waals surface area contributed by atoms with Gasteiger partial charge in [0.15, 0.2) is 0 Å². The molecule has 1 fully saturated rings. The Hall–Kier alpha value is -1.19. The molecule has 1 saturated heterocycles. The molecule has 2 heterocycles. The minimum absolute atomic E-state index is 0.482. The first kappa shape index (κ1) is 9.37. The molecule has 0 bridgehead atoms. The summed E-state index contributed by atoms with van der Waals surface area (Å²) in [4.78, 5) is 5.67. The number of aromatic nitrogens is 1. The summed E-state index contributed by atoms with van der Waals surface area (Å²) in [6, 6.07) is 4.69. The third kappa shape index (κ3) is 2.00. The van der Waals surface area contributed by atoms with E-state index < -0.39 is 12.1 Å². The van der Waals surface area contributed by atoms with Gasteiger partial charge in [0, 0.05) is 13.1 Å². The fraction of sp³-hybridized carbons (Fsp3) is 0.500. The van der Waals surface area contributed by atoms with Crippen molar-refractivity contribution in [3.05, 3.63) is 24.1 Å². The molecule has 0 spiro atoms. The van der Waals surface area contributed by atoms with Gasteiger partial charge in [-0.2, -0.15) is 4.39 Å². The predicted molar refractivity (Wildman–Crippen MR) is 50.5 cm³/mol. The number of pyridine rings is 1. The van der Waals surface area contributed by atoms with Crippen LogP contribution in [0.25, 0.3) is 0 Å². The van der Waals surface area contributed by atoms with Crippen LogP contribution < -0.4 is 4.90 Å². The summed E-state index contributed by atoms with van der Waals surface area (Å²) >= 11 is 0. The average molecular weight is 198 g/mol. The van der Waals surface area contributed by atoms with Crippen molar-refractivity contribution < 1.29 is 8.78 Å². The summed E-state index contributed by atoms with van der Waals surface area (Å²) in [5.41, 5.74) is 0. The zero-order valence-corrected chi connectivity index (χ0v) is 7.79. The molecule has 4 heteroatoms. The Kier molecular flexibility index (Phi) is 2.61. The van der Waals surface area contributed by atoms with Gasteiger partial charge in [0.05, 0.1) is 0 Å². The van der Waals surface area contributed by atoms with Crippen LogP contribution in [0.2, 0.25) is 0 Å². The number of anilines is 1. The van der Waals surface area contributed by atoms with Crippen LogP contribution in [0.3, 0.4) is 0 Å². The molecule has 0 amide bonds. The number of hydrogen-bond acceptors (Lipinski definition) is 2. The van der Waals surface area contributed by atoms with Crippen molar-refractivity contribution in [2.24, 2.45) is 0 Å². The normalized spacial score (nSPS) is 18.6. The molecule has 0 aliphatic carbocycles. The zero-order chi connectivity index (χ0) is 9.97. The SMILES string of the molecule is Fc1cccc(N2CCC(F)CC2)n1. The Balaban J connectivity index is 2.08. The van der Waals surface area contributed by atoms with Crippen LogP contribution in [0.1, 0.15) is 12.8 Å². The van der Waals surface area contributed by atoms with E-state index in [0.717, 1.165) is 0 Å². The van der Waals surface area contributed by atoms with Gasteiger partial charge in [0.25, 0.3) is 0 Å². The van der Waals surface area contributed by atoms with E-state index in [0.29, 0.717) is 31.7 Å². The lowest BCUT2D eigenvalue weighted by Gasteiger charge is -2.29. The van der Waals surface area contributed by atoms with Gasteiger partial charge in [-0.25, -0.2) is 9.37 Å². The topological polar surface area (TPSA) is 16.1 Å². The molecule has 76 valence electrons. The van der Waals surface area contributed by atoms with Crippen molar-refractivity contribution in [2.75, 3.05) is 18.0 Å². The van der Waals surface area contributed by atoms with Gasteiger partial charge in [-0.15, -0.1) is 0 Å². The molecule has 1 aromatic rings. The molecule has 14 heavy (non-hydrogen) atoms. The average Bonchev–Trinajstić information content (AvgIpc) is 2.19. The van der Waals surface area contributed by atoms with Crippen molar-refractivity contribution >= 4 is 5.82 Å². The molecular formula is C10H12F2N2. The van der Waals surface area contributed by atoms with Crippen LogP contribution >= 0.6 is 0 Å². The van der Waals surface area contributed by atoms with E-state index in [4.69, 9.17) is 0 Å². The first-order valence-corrected chi connectivity index (χ1v) is 4.77. The van der Waals surface area contributed by atoms with Gasteiger partial charge in [-0.05, 0) is 25.0 Å². The van der Waals surface area contributed by atoms with E-state index >= 15 is 0 Å². The lowest BCUT2D eigenvalue weighted by molar-refractivity contribution is 0.276. The monoisotopic (exact) mass is 198 g/mol. The van der Waals surface area contributed by atoms with E-state index in [-0.39, 0.29) is 0 Å². The fourth-order valence-electron chi connectivity index (χ4n) is 1.65. The standard InChI is InChI=1S/C10H12F2N2/c11-8-4-6-14(7-5-8)10-3-1-2-9(12)13-10/h1-3,8H,4-7H2. The van der Waals surface area contributed by atoms with Crippen LogP contribution in [0.4, 0.5) is 14.6 Å². The molecule has 0 aromatic carbocycles. The molecule has 0 saturated carbocycles. The molecule has 1 aliphatic heterocycles. The molecule has 2 rings (SSSR count). The molecule has 2 nitrogen and oxygen atoms in total. The highest BCUT2D eigenvalue weighted by Crippen LogP contribution is 2.19. The van der Waals surface area contributed by atoms with Gasteiger partial charge in [-0.3, -0.25) is 0 Å². The van der Waals surface area contributed by atoms with Crippen molar-refractivity contribution in [3.8, 4) is 0 Å². The van der Waals surface area contributed by atoms with E-state index in [2.05, 4.69) is 4.98 Å². The summed E-state index contributed by atoms with van der Waals surface area (Å²) in [5, 5.41) is 0. The second kappa shape index (κ2) is 3.90. The predicted octanol–water partition coefficient (Wildman–Crippen LogP) is 2.16. The van der Waals surface area contributed by atoms with Crippen LogP contribution in [0, 0.1) is 5.95 Å². The van der Waals surface area contributed by atoms with E-state index in [9.17, 15) is 8.78 Å². The first-order chi connectivity index (χ1) is 6.75. The Bertz CT molecular complexity index is 309. The lowest BCUT2D eigenvalue weighted by Crippen LogP contribution is -2.34. The third-order valence-corrected chi connectivity index (χ3v) is 2.45. The van der Waals surface area contributed by atoms with Crippen molar-refractivity contribution in [1.82, 2.24) is 4.98 Å². The molecule has 0 N–H and O–H groups in total. The lowest BCUT2D eigenvalue weighted by atomic mass is 10.1. The smallest absolute Gasteiger partial charge is 0.214 e. The van der Waals surface area contributed by atoms with Crippen LogP contribution in [-0.2, 0) is 0 Å². The molecule has 0 atom stereocenters. The largest absolute Gasteiger partial charge is 0.356 e. The van der Waals surface area contributed by atoms with Crippen molar-refractivity contribution in [1.29, 1.82) is 0 Å². The molecule has 0 radical (unpaired) electrons. The molecular weight excluding hydrogens is 186 g/mol. The van der Waals surface area contributed by atoms with Crippen LogP contribution in [-0.4, -0.2) is 24.2 Å². The van der Waals surface area contributed by atoms with Gasteiger partial charge in [0.2, 0.25) is 5.95 Å². The van der Waals surface area contributed by atoms with Crippen LogP contribution in [0.5, 0.6) is 0 Å². The minimum atomic E-state index is -0.709. The zero-order valence-electron chi connectivity index (χ0n) is 7.79. The van der Waals surface area contributed by atoms with Gasteiger partial charge < -0.3 is 4.90 Å². The summed E-state index contributed by atoms with van der Waals surface area (Å²) in [6.07, 6.45) is 0.316. The second-order valence-corrected chi connectivity index (χ2v) is 3.48. The highest BCUT2D eigenvalue weighted by Gasteiger charge is 2.19. The molecule has 0 unspecified atom stereocenters.